The summed E-state index contributed by atoms with van der Waals surface area (Å²) in [6, 6.07) is 12.6. The number of carbonyl (C=O) groups is 3. The van der Waals surface area contributed by atoms with Gasteiger partial charge in [0.2, 0.25) is 5.91 Å². The van der Waals surface area contributed by atoms with Gasteiger partial charge in [0.1, 0.15) is 6.54 Å². The number of nitrogens with zero attached hydrogens (tertiary/aromatic N) is 1. The van der Waals surface area contributed by atoms with E-state index in [-0.39, 0.29) is 17.6 Å². The van der Waals surface area contributed by atoms with Crippen molar-refractivity contribution in [2.75, 3.05) is 18.5 Å². The van der Waals surface area contributed by atoms with Crippen molar-refractivity contribution in [1.82, 2.24) is 4.90 Å². The van der Waals surface area contributed by atoms with Gasteiger partial charge in [-0.05, 0) is 74.9 Å². The largest absolute Gasteiger partial charge is 0.490 e. The van der Waals surface area contributed by atoms with E-state index in [2.05, 4.69) is 5.32 Å². The molecule has 168 valence electrons. The molecular weight excluding hydrogens is 428 g/mol. The molecule has 8 heteroatoms. The molecule has 1 heterocycles. The van der Waals surface area contributed by atoms with E-state index in [4.69, 9.17) is 9.47 Å². The molecule has 0 radical (unpaired) electrons. The maximum atomic E-state index is 12.8. The van der Waals surface area contributed by atoms with Crippen LogP contribution in [0.5, 0.6) is 11.5 Å². The molecule has 0 atom stereocenters. The average molecular weight is 455 g/mol. The summed E-state index contributed by atoms with van der Waals surface area (Å²) in [5.41, 5.74) is 2.23. The number of thioether (sulfide) groups is 1. The normalized spacial score (nSPS) is 14.9. The molecule has 1 saturated heterocycles. The highest BCUT2D eigenvalue weighted by molar-refractivity contribution is 8.18. The molecule has 2 aromatic rings. The lowest BCUT2D eigenvalue weighted by Crippen LogP contribution is -2.36. The Kier molecular flexibility index (Phi) is 7.58. The summed E-state index contributed by atoms with van der Waals surface area (Å²) in [7, 11) is 0. The third kappa shape index (κ3) is 5.70. The van der Waals surface area contributed by atoms with Crippen LogP contribution in [0.25, 0.3) is 6.08 Å². The first-order valence-electron chi connectivity index (χ1n) is 10.3. The van der Waals surface area contributed by atoms with E-state index in [1.807, 2.05) is 39.8 Å². The highest BCUT2D eigenvalue weighted by Gasteiger charge is 2.36. The van der Waals surface area contributed by atoms with Crippen molar-refractivity contribution in [3.05, 3.63) is 58.5 Å². The molecule has 0 spiro atoms. The molecule has 7 nitrogen and oxygen atoms in total. The maximum absolute atomic E-state index is 12.8. The third-order valence-corrected chi connectivity index (χ3v) is 5.43. The van der Waals surface area contributed by atoms with Crippen molar-refractivity contribution >= 4 is 40.6 Å². The summed E-state index contributed by atoms with van der Waals surface area (Å²) in [6.07, 6.45) is 1.61. The Balaban J connectivity index is 1.74. The van der Waals surface area contributed by atoms with Gasteiger partial charge >= 0.3 is 0 Å². The number of imide groups is 1. The second kappa shape index (κ2) is 10.4. The number of carbonyl (C=O) groups excluding carboxylic acids is 3. The molecule has 0 aliphatic carbocycles. The first-order chi connectivity index (χ1) is 15.3. The molecule has 3 amide bonds. The van der Waals surface area contributed by atoms with E-state index >= 15 is 0 Å². The van der Waals surface area contributed by atoms with Gasteiger partial charge in [0.25, 0.3) is 11.1 Å². The van der Waals surface area contributed by atoms with Crippen LogP contribution in [0.1, 0.15) is 31.9 Å². The van der Waals surface area contributed by atoms with Crippen LogP contribution in [0.4, 0.5) is 10.5 Å². The van der Waals surface area contributed by atoms with Crippen LogP contribution >= 0.6 is 11.8 Å². The summed E-state index contributed by atoms with van der Waals surface area (Å²) in [4.78, 5) is 38.8. The van der Waals surface area contributed by atoms with Gasteiger partial charge in [0.15, 0.2) is 11.5 Å². The van der Waals surface area contributed by atoms with E-state index in [0.29, 0.717) is 29.4 Å². The molecule has 32 heavy (non-hydrogen) atoms. The van der Waals surface area contributed by atoms with Crippen LogP contribution in [0.2, 0.25) is 0 Å². The average Bonchev–Trinajstić information content (AvgIpc) is 2.99. The first-order valence-corrected chi connectivity index (χ1v) is 11.1. The summed E-state index contributed by atoms with van der Waals surface area (Å²) >= 11 is 0.809. The third-order valence-electron chi connectivity index (χ3n) is 4.52. The number of para-hydroxylation sites is 1. The van der Waals surface area contributed by atoms with E-state index in [9.17, 15) is 14.4 Å². The molecule has 0 unspecified atom stereocenters. The van der Waals surface area contributed by atoms with E-state index in [0.717, 1.165) is 22.2 Å². The van der Waals surface area contributed by atoms with Gasteiger partial charge in [-0.15, -0.1) is 0 Å². The number of ether oxygens (including phenoxy) is 2. The Morgan fingerprint density at radius 2 is 1.91 bits per heavy atom. The van der Waals surface area contributed by atoms with Crippen molar-refractivity contribution in [2.45, 2.75) is 33.8 Å². The van der Waals surface area contributed by atoms with Gasteiger partial charge in [-0.2, -0.15) is 0 Å². The Morgan fingerprint density at radius 1 is 1.16 bits per heavy atom. The Hall–Kier alpha value is -3.26. The predicted octanol–water partition coefficient (Wildman–Crippen LogP) is 4.86. The maximum Gasteiger partial charge on any atom is 0.294 e. The van der Waals surface area contributed by atoms with Crippen LogP contribution in [0, 0.1) is 6.92 Å². The Bertz CT molecular complexity index is 1060. The van der Waals surface area contributed by atoms with Crippen molar-refractivity contribution < 1.29 is 23.9 Å². The number of nitrogens with one attached hydrogen (secondary N) is 1. The van der Waals surface area contributed by atoms with Crippen molar-refractivity contribution in [1.29, 1.82) is 0 Å². The van der Waals surface area contributed by atoms with Crippen molar-refractivity contribution in [3.63, 3.8) is 0 Å². The second-order valence-electron chi connectivity index (χ2n) is 7.44. The number of rotatable bonds is 8. The molecule has 1 aliphatic rings. The molecule has 1 fully saturated rings. The zero-order valence-corrected chi connectivity index (χ0v) is 19.3. The van der Waals surface area contributed by atoms with E-state index in [1.54, 1.807) is 36.4 Å². The quantitative estimate of drug-likeness (QED) is 0.574. The summed E-state index contributed by atoms with van der Waals surface area (Å²) in [6.45, 7) is 7.71. The highest BCUT2D eigenvalue weighted by Crippen LogP contribution is 2.35. The lowest BCUT2D eigenvalue weighted by Gasteiger charge is -2.15. The summed E-state index contributed by atoms with van der Waals surface area (Å²) in [5, 5.41) is 2.26. The minimum absolute atomic E-state index is 0.0117. The minimum atomic E-state index is -0.500. The molecule has 1 N–H and O–H groups in total. The fourth-order valence-electron chi connectivity index (χ4n) is 3.07. The zero-order valence-electron chi connectivity index (χ0n) is 18.5. The number of hydrogen-bond acceptors (Lipinski definition) is 6. The van der Waals surface area contributed by atoms with Gasteiger partial charge in [-0.25, -0.2) is 0 Å². The topological polar surface area (TPSA) is 84.9 Å². The number of benzene rings is 2. The van der Waals surface area contributed by atoms with Gasteiger partial charge in [0, 0.05) is 5.69 Å². The lowest BCUT2D eigenvalue weighted by molar-refractivity contribution is -0.127. The van der Waals surface area contributed by atoms with Gasteiger partial charge in [0.05, 0.1) is 17.6 Å². The molecule has 0 aromatic heterocycles. The summed E-state index contributed by atoms with van der Waals surface area (Å²) < 4.78 is 11.4. The lowest BCUT2D eigenvalue weighted by atomic mass is 10.1. The molecule has 2 aromatic carbocycles. The summed E-state index contributed by atoms with van der Waals surface area (Å²) in [5.74, 6) is 0.240. The van der Waals surface area contributed by atoms with Gasteiger partial charge in [-0.1, -0.05) is 24.3 Å². The van der Waals surface area contributed by atoms with Crippen LogP contribution in [-0.4, -0.2) is 41.2 Å². The first kappa shape index (κ1) is 23.4. The fraction of sp³-hybridized carbons (Fsp3) is 0.292. The highest BCUT2D eigenvalue weighted by atomic mass is 32.2. The van der Waals surface area contributed by atoms with Crippen LogP contribution in [0.15, 0.2) is 47.4 Å². The number of anilines is 1. The Morgan fingerprint density at radius 3 is 2.59 bits per heavy atom. The molecule has 0 saturated carbocycles. The fourth-order valence-corrected chi connectivity index (χ4v) is 3.91. The SMILES string of the molecule is CCOc1cc(/C=C2/SC(=O)N(CC(=O)Nc3ccccc3C)C2=O)ccc1OC(C)C. The van der Waals surface area contributed by atoms with Crippen LogP contribution in [0.3, 0.4) is 0 Å². The monoisotopic (exact) mass is 454 g/mol. The molecule has 0 bridgehead atoms. The molecule has 3 rings (SSSR count). The number of hydrogen-bond donors (Lipinski definition) is 1. The van der Waals surface area contributed by atoms with Gasteiger partial charge in [-0.3, -0.25) is 19.3 Å². The van der Waals surface area contributed by atoms with Crippen LogP contribution < -0.4 is 14.8 Å². The van der Waals surface area contributed by atoms with Crippen molar-refractivity contribution in [3.8, 4) is 11.5 Å². The van der Waals surface area contributed by atoms with E-state index in [1.165, 1.54) is 0 Å². The predicted molar refractivity (Wildman–Crippen MR) is 126 cm³/mol. The Labute approximate surface area is 191 Å². The zero-order chi connectivity index (χ0) is 23.3. The minimum Gasteiger partial charge on any atom is -0.490 e. The number of amides is 3. The smallest absolute Gasteiger partial charge is 0.294 e. The van der Waals surface area contributed by atoms with Crippen molar-refractivity contribution in [2.24, 2.45) is 0 Å². The van der Waals surface area contributed by atoms with E-state index < -0.39 is 17.1 Å². The van der Waals surface area contributed by atoms with Crippen LogP contribution in [-0.2, 0) is 9.59 Å². The number of aryl methyl sites for hydroxylation is 1. The molecule has 1 aliphatic heterocycles. The standard InChI is InChI=1S/C24H26N2O5S/c1-5-30-20-12-17(10-11-19(20)31-15(2)3)13-21-23(28)26(24(29)32-21)14-22(27)25-18-9-7-6-8-16(18)4/h6-13,15H,5,14H2,1-4H3,(H,25,27)/b21-13+. The second-order valence-corrected chi connectivity index (χ2v) is 8.43. The van der Waals surface area contributed by atoms with Gasteiger partial charge < -0.3 is 14.8 Å². The molecular formula is C24H26N2O5S.